The van der Waals surface area contributed by atoms with Crippen molar-refractivity contribution in [3.8, 4) is 0 Å². The molecular formula is C16H21N4O3PUV-2. The van der Waals surface area contributed by atoms with E-state index in [9.17, 15) is 4.79 Å². The fourth-order valence-electron chi connectivity index (χ4n) is 3.54. The zero-order valence-electron chi connectivity index (χ0n) is 14.3. The van der Waals surface area contributed by atoms with Crippen molar-refractivity contribution < 1.29 is 63.9 Å². The van der Waals surface area contributed by atoms with E-state index in [1.807, 2.05) is 12.1 Å². The number of nitrogens with two attached hydrogens (primary N) is 1. The first kappa shape index (κ1) is 22.5. The summed E-state index contributed by atoms with van der Waals surface area (Å²) in [5, 5.41) is 0. The number of benzene rings is 1. The van der Waals surface area contributed by atoms with Crippen LogP contribution in [-0.4, -0.2) is 68.3 Å². The Balaban J connectivity index is 0.00000121. The molecule has 3 aliphatic heterocycles. The Morgan fingerprint density at radius 2 is 2.00 bits per heavy atom. The fourth-order valence-corrected chi connectivity index (χ4v) is 3.96. The van der Waals surface area contributed by atoms with E-state index in [1.165, 1.54) is 0 Å². The van der Waals surface area contributed by atoms with Crippen LogP contribution in [0.25, 0.3) is 0 Å². The van der Waals surface area contributed by atoms with E-state index in [0.29, 0.717) is 25.7 Å². The number of rotatable bonds is 3. The number of cyclic esters (lactones) is 1. The minimum Gasteiger partial charge on any atom is -0.444 e. The van der Waals surface area contributed by atoms with Gasteiger partial charge in [-0.25, -0.2) is 10.5 Å². The summed E-state index contributed by atoms with van der Waals surface area (Å²) in [4.78, 5) is 15.8. The smallest absolute Gasteiger partial charge is 0.393 e. The summed E-state index contributed by atoms with van der Waals surface area (Å²) in [6.45, 7) is 4.20. The van der Waals surface area contributed by atoms with Crippen molar-refractivity contribution in [2.45, 2.75) is 18.2 Å². The minimum absolute atomic E-state index is 0. The van der Waals surface area contributed by atoms with Crippen LogP contribution < -0.4 is 15.5 Å². The van der Waals surface area contributed by atoms with Crippen LogP contribution in [0.15, 0.2) is 12.1 Å². The van der Waals surface area contributed by atoms with Gasteiger partial charge in [0.25, 0.3) is 0 Å². The Kier molecular flexibility index (Phi) is 8.34. The first-order chi connectivity index (χ1) is 11.7. The molecule has 10 heteroatoms. The molecule has 0 spiro atoms. The molecule has 1 amide bonds. The van der Waals surface area contributed by atoms with E-state index < -0.39 is 0 Å². The van der Waals surface area contributed by atoms with Gasteiger partial charge in [0.1, 0.15) is 6.10 Å². The van der Waals surface area contributed by atoms with Gasteiger partial charge in [0.15, 0.2) is 0 Å². The van der Waals surface area contributed by atoms with E-state index in [2.05, 4.69) is 31.1 Å². The van der Waals surface area contributed by atoms with E-state index in [-0.39, 0.29) is 68.0 Å². The molecule has 2 N–H and O–H groups in total. The molecule has 1 aromatic rings. The van der Waals surface area contributed by atoms with Gasteiger partial charge in [-0.3, -0.25) is 16.8 Å². The first-order valence-electron chi connectivity index (χ1n) is 8.15. The maximum atomic E-state index is 11.9. The van der Waals surface area contributed by atoms with Gasteiger partial charge in [0, 0.05) is 82.4 Å². The molecule has 139 valence electrons. The standard InChI is InChI=1S/C16H21N4O3P.U.V/c17-7-13-8-20(16(21)23-13)12-3-1-11(2-4-12)19-5-6-22-15-10-18(24)9-14(15)19;;/h3-4,13-15H,5-10,17,24H2;;/q-2;;. The molecule has 4 atom stereocenters. The van der Waals surface area contributed by atoms with Crippen LogP contribution in [0.2, 0.25) is 0 Å². The molecule has 3 saturated heterocycles. The van der Waals surface area contributed by atoms with Crippen LogP contribution in [0.5, 0.6) is 0 Å². The van der Waals surface area contributed by atoms with Gasteiger partial charge in [0.05, 0.1) is 18.8 Å². The zero-order valence-corrected chi connectivity index (χ0v) is 21.0. The summed E-state index contributed by atoms with van der Waals surface area (Å²) in [6, 6.07) is 10.5. The van der Waals surface area contributed by atoms with Crippen LogP contribution in [0.3, 0.4) is 0 Å². The number of hydrogen-bond acceptors (Lipinski definition) is 6. The molecule has 0 aromatic heterocycles. The van der Waals surface area contributed by atoms with Crippen molar-refractivity contribution in [3.63, 3.8) is 0 Å². The number of morpholine rings is 1. The van der Waals surface area contributed by atoms with Crippen molar-refractivity contribution in [1.82, 2.24) is 4.67 Å². The average molecular weight is 637 g/mol. The summed E-state index contributed by atoms with van der Waals surface area (Å²) in [5.41, 5.74) is 7.23. The van der Waals surface area contributed by atoms with Crippen LogP contribution in [0.1, 0.15) is 0 Å². The van der Waals surface area contributed by atoms with Gasteiger partial charge < -0.3 is 37.1 Å². The molecule has 3 aliphatic rings. The predicted octanol–water partition coefficient (Wildman–Crippen LogP) is 0.248. The maximum Gasteiger partial charge on any atom is 0.393 e. The van der Waals surface area contributed by atoms with Crippen molar-refractivity contribution >= 4 is 26.9 Å². The quantitative estimate of drug-likeness (QED) is 0.379. The largest absolute Gasteiger partial charge is 0.444 e. The van der Waals surface area contributed by atoms with Gasteiger partial charge in [-0.15, -0.1) is 0 Å². The summed E-state index contributed by atoms with van der Waals surface area (Å²) < 4.78 is 13.3. The van der Waals surface area contributed by atoms with Gasteiger partial charge in [0.2, 0.25) is 0 Å². The molecule has 0 bridgehead atoms. The number of anilines is 2. The van der Waals surface area contributed by atoms with Crippen LogP contribution >= 0.6 is 9.39 Å². The van der Waals surface area contributed by atoms with Crippen LogP contribution in [-0.2, 0) is 28.0 Å². The van der Waals surface area contributed by atoms with Gasteiger partial charge >= 0.3 is 6.09 Å². The van der Waals surface area contributed by atoms with Crippen LogP contribution in [0.4, 0.5) is 16.2 Å². The maximum absolute atomic E-state index is 11.9. The van der Waals surface area contributed by atoms with Crippen molar-refractivity contribution in [1.29, 1.82) is 0 Å². The monoisotopic (exact) mass is 637 g/mol. The SMILES string of the molecule is NCC1CN(c2c[c-]c(N3CCOC4CN(P)CC43)[c-]c2)C(=O)O1.[U].[V]. The molecule has 4 unspecified atom stereocenters. The third kappa shape index (κ3) is 4.45. The Morgan fingerprint density at radius 3 is 2.65 bits per heavy atom. The summed E-state index contributed by atoms with van der Waals surface area (Å²) in [6.07, 6.45) is -0.388. The topological polar surface area (TPSA) is 71.3 Å². The Labute approximate surface area is 191 Å². The second-order valence-electron chi connectivity index (χ2n) is 6.33. The minimum atomic E-state index is -0.360. The zero-order chi connectivity index (χ0) is 16.7. The normalized spacial score (nSPS) is 28.2. The number of nitrogens with zero attached hydrogens (tertiary/aromatic N) is 3. The van der Waals surface area contributed by atoms with Gasteiger partial charge in [-0.05, 0) is 0 Å². The second kappa shape index (κ2) is 9.63. The molecule has 0 saturated carbocycles. The van der Waals surface area contributed by atoms with Gasteiger partial charge in [-0.1, -0.05) is 9.39 Å². The number of hydrogen-bond donors (Lipinski definition) is 1. The second-order valence-corrected chi connectivity index (χ2v) is 7.06. The third-order valence-corrected chi connectivity index (χ3v) is 5.20. The Morgan fingerprint density at radius 1 is 1.27 bits per heavy atom. The molecule has 4 rings (SSSR count). The molecule has 0 aliphatic carbocycles. The number of carbonyl (C=O) groups excluding carboxylic acids is 1. The molecule has 3 fully saturated rings. The summed E-state index contributed by atoms with van der Waals surface area (Å²) in [7, 11) is 2.75. The first-order valence-corrected chi connectivity index (χ1v) is 8.67. The van der Waals surface area contributed by atoms with E-state index >= 15 is 0 Å². The van der Waals surface area contributed by atoms with Crippen molar-refractivity contribution in [3.05, 3.63) is 24.3 Å². The van der Waals surface area contributed by atoms with Crippen molar-refractivity contribution in [2.24, 2.45) is 5.73 Å². The van der Waals surface area contributed by atoms with E-state index in [1.54, 1.807) is 4.90 Å². The molecule has 26 heavy (non-hydrogen) atoms. The number of ether oxygens (including phenoxy) is 2. The van der Waals surface area contributed by atoms with E-state index in [0.717, 1.165) is 31.0 Å². The van der Waals surface area contributed by atoms with Gasteiger partial charge in [-0.2, -0.15) is 5.69 Å². The molecular weight excluding hydrogens is 616 g/mol. The third-order valence-electron chi connectivity index (χ3n) is 4.78. The predicted molar refractivity (Wildman–Crippen MR) is 92.9 cm³/mol. The molecule has 7 nitrogen and oxygen atoms in total. The summed E-state index contributed by atoms with van der Waals surface area (Å²) >= 11 is 0. The molecule has 3 heterocycles. The summed E-state index contributed by atoms with van der Waals surface area (Å²) in [5.74, 6) is 0. The fraction of sp³-hybridized carbons (Fsp3) is 0.562. The Hall–Kier alpha value is 0.236. The number of amides is 1. The number of carbonyl (C=O) groups is 1. The average Bonchev–Trinajstić information content (AvgIpc) is 3.16. The van der Waals surface area contributed by atoms with Crippen molar-refractivity contribution in [2.75, 3.05) is 49.1 Å². The Bertz CT molecular complexity index is 626. The van der Waals surface area contributed by atoms with Crippen LogP contribution in [0, 0.1) is 43.2 Å². The number of fused-ring (bicyclic) bond motifs is 1. The molecule has 1 radical (unpaired) electrons. The van der Waals surface area contributed by atoms with E-state index in [4.69, 9.17) is 15.2 Å². The molecule has 1 aromatic carbocycles.